The fourth-order valence-electron chi connectivity index (χ4n) is 4.76. The van der Waals surface area contributed by atoms with Crippen LogP contribution >= 0.6 is 11.3 Å². The van der Waals surface area contributed by atoms with Gasteiger partial charge in [0.05, 0.1) is 29.3 Å². The highest BCUT2D eigenvalue weighted by Gasteiger charge is 2.25. The summed E-state index contributed by atoms with van der Waals surface area (Å²) in [7, 11) is 2.09. The van der Waals surface area contributed by atoms with E-state index in [1.165, 1.54) is 29.2 Å². The largest absolute Gasteiger partial charge is 0.317 e. The minimum atomic E-state index is -0.578. The summed E-state index contributed by atoms with van der Waals surface area (Å²) in [6, 6.07) is 8.22. The Labute approximate surface area is 236 Å². The number of aromatic amines is 1. The molecule has 40 heavy (non-hydrogen) atoms. The number of carbonyl (C=O) groups excluding carboxylic acids is 1. The molecule has 0 saturated carbocycles. The first-order valence-electron chi connectivity index (χ1n) is 13.3. The Morgan fingerprint density at radius 1 is 1.15 bits per heavy atom. The van der Waals surface area contributed by atoms with E-state index in [0.29, 0.717) is 16.8 Å². The SMILES string of the molecule is CC(c1cc2n(n1)CCN(C)C2)C(C)c1cc(-c2ccc(F)c(NC(=O)c3ncc(C(C)(C)C)s3)c2)n[nH]c1=O. The predicted octanol–water partition coefficient (Wildman–Crippen LogP) is 5.13. The minimum Gasteiger partial charge on any atom is -0.317 e. The van der Waals surface area contributed by atoms with Crippen LogP contribution < -0.4 is 10.9 Å². The molecule has 1 aliphatic heterocycles. The second-order valence-corrected chi connectivity index (χ2v) is 12.6. The Balaban J connectivity index is 1.39. The van der Waals surface area contributed by atoms with Gasteiger partial charge in [0.15, 0.2) is 5.01 Å². The third-order valence-electron chi connectivity index (χ3n) is 7.50. The van der Waals surface area contributed by atoms with Crippen molar-refractivity contribution in [1.82, 2.24) is 29.9 Å². The zero-order valence-electron chi connectivity index (χ0n) is 23.6. The van der Waals surface area contributed by atoms with E-state index in [1.54, 1.807) is 18.3 Å². The predicted molar refractivity (Wildman–Crippen MR) is 154 cm³/mol. The van der Waals surface area contributed by atoms with Crippen LogP contribution in [0.25, 0.3) is 11.3 Å². The summed E-state index contributed by atoms with van der Waals surface area (Å²) < 4.78 is 16.8. The molecule has 1 aromatic carbocycles. The molecule has 210 valence electrons. The molecule has 2 atom stereocenters. The number of hydrogen-bond acceptors (Lipinski definition) is 7. The lowest BCUT2D eigenvalue weighted by Crippen LogP contribution is -2.30. The summed E-state index contributed by atoms with van der Waals surface area (Å²) in [5.41, 5.74) is 3.30. The maximum atomic E-state index is 14.7. The number of carbonyl (C=O) groups is 1. The van der Waals surface area contributed by atoms with Gasteiger partial charge in [-0.2, -0.15) is 10.2 Å². The quantitative estimate of drug-likeness (QED) is 0.337. The number of likely N-dealkylation sites (N-methyl/N-ethyl adjacent to an activating group) is 1. The van der Waals surface area contributed by atoms with E-state index in [1.807, 2.05) is 32.4 Å². The van der Waals surface area contributed by atoms with Gasteiger partial charge in [-0.1, -0.05) is 34.6 Å². The first-order chi connectivity index (χ1) is 18.9. The average Bonchev–Trinajstić information content (AvgIpc) is 3.57. The number of benzene rings is 1. The number of fused-ring (bicyclic) bond motifs is 1. The normalized spacial score (nSPS) is 15.5. The van der Waals surface area contributed by atoms with E-state index in [2.05, 4.69) is 45.4 Å². The fourth-order valence-corrected chi connectivity index (χ4v) is 5.63. The molecule has 3 aromatic heterocycles. The van der Waals surface area contributed by atoms with Gasteiger partial charge in [0, 0.05) is 41.2 Å². The van der Waals surface area contributed by atoms with Crippen LogP contribution in [0.2, 0.25) is 0 Å². The van der Waals surface area contributed by atoms with Crippen molar-refractivity contribution in [1.29, 1.82) is 0 Å². The first kappa shape index (κ1) is 27.9. The Morgan fingerprint density at radius 2 is 1.93 bits per heavy atom. The number of halogens is 1. The van der Waals surface area contributed by atoms with Crippen LogP contribution in [0.1, 0.15) is 78.1 Å². The molecule has 5 rings (SSSR count). The molecule has 4 aromatic rings. The van der Waals surface area contributed by atoms with Gasteiger partial charge in [0.2, 0.25) is 0 Å². The van der Waals surface area contributed by atoms with Crippen molar-refractivity contribution in [3.63, 3.8) is 0 Å². The smallest absolute Gasteiger partial charge is 0.284 e. The van der Waals surface area contributed by atoms with E-state index in [9.17, 15) is 14.0 Å². The number of rotatable bonds is 6. The highest BCUT2D eigenvalue weighted by Crippen LogP contribution is 2.33. The van der Waals surface area contributed by atoms with Crippen molar-refractivity contribution in [2.75, 3.05) is 18.9 Å². The number of anilines is 1. The molecule has 2 N–H and O–H groups in total. The van der Waals surface area contributed by atoms with Crippen molar-refractivity contribution in [2.24, 2.45) is 0 Å². The lowest BCUT2D eigenvalue weighted by Gasteiger charge is -2.22. The summed E-state index contributed by atoms with van der Waals surface area (Å²) in [5.74, 6) is -1.23. The van der Waals surface area contributed by atoms with Crippen molar-refractivity contribution >= 4 is 22.9 Å². The topological polar surface area (TPSA) is 109 Å². The molecule has 4 heterocycles. The molecule has 11 heteroatoms. The highest BCUT2D eigenvalue weighted by atomic mass is 32.1. The Kier molecular flexibility index (Phi) is 7.45. The van der Waals surface area contributed by atoms with Gasteiger partial charge in [-0.05, 0) is 48.7 Å². The molecule has 0 spiro atoms. The number of H-pyrrole nitrogens is 1. The molecule has 9 nitrogen and oxygen atoms in total. The van der Waals surface area contributed by atoms with Crippen LogP contribution in [0.3, 0.4) is 0 Å². The number of nitrogens with zero attached hydrogens (tertiary/aromatic N) is 5. The summed E-state index contributed by atoms with van der Waals surface area (Å²) in [5, 5.41) is 14.5. The van der Waals surface area contributed by atoms with Crippen molar-refractivity contribution in [3.05, 3.63) is 79.5 Å². The highest BCUT2D eigenvalue weighted by molar-refractivity contribution is 7.13. The van der Waals surface area contributed by atoms with Gasteiger partial charge in [0.25, 0.3) is 11.5 Å². The summed E-state index contributed by atoms with van der Waals surface area (Å²) in [6.45, 7) is 12.8. The Bertz CT molecular complexity index is 1620. The van der Waals surface area contributed by atoms with Crippen LogP contribution in [0.5, 0.6) is 0 Å². The summed E-state index contributed by atoms with van der Waals surface area (Å²) in [4.78, 5) is 33.1. The van der Waals surface area contributed by atoms with E-state index in [0.717, 1.165) is 30.2 Å². The number of amides is 1. The van der Waals surface area contributed by atoms with E-state index in [-0.39, 0.29) is 33.5 Å². The van der Waals surface area contributed by atoms with Gasteiger partial charge in [-0.15, -0.1) is 11.3 Å². The first-order valence-corrected chi connectivity index (χ1v) is 14.1. The van der Waals surface area contributed by atoms with Crippen LogP contribution in [0, 0.1) is 5.82 Å². The molecular formula is C29H34FN7O2S. The monoisotopic (exact) mass is 563 g/mol. The maximum absolute atomic E-state index is 14.7. The molecule has 0 fully saturated rings. The van der Waals surface area contributed by atoms with Gasteiger partial charge in [-0.25, -0.2) is 14.5 Å². The number of thiazole rings is 1. The number of nitrogens with one attached hydrogen (secondary N) is 2. The van der Waals surface area contributed by atoms with Gasteiger partial charge in [0.1, 0.15) is 5.82 Å². The van der Waals surface area contributed by atoms with Crippen LogP contribution in [-0.2, 0) is 18.5 Å². The molecule has 1 amide bonds. The average molecular weight is 564 g/mol. The minimum absolute atomic E-state index is 0.0135. The van der Waals surface area contributed by atoms with Crippen LogP contribution in [-0.4, -0.2) is 49.4 Å². The third kappa shape index (κ3) is 5.62. The van der Waals surface area contributed by atoms with E-state index < -0.39 is 11.7 Å². The molecule has 2 unspecified atom stereocenters. The van der Waals surface area contributed by atoms with E-state index >= 15 is 0 Å². The standard InChI is InChI=1S/C29H34FN7O2S/c1-16(17(2)22-12-19-15-36(6)9-10-37(19)35-22)20-13-23(33-34-26(20)38)18-7-8-21(30)24(11-18)32-27(39)28-31-14-25(40-28)29(3,4)5/h7-8,11-14,16-17H,9-10,15H2,1-6H3,(H,32,39)(H,34,38). The Hall–Kier alpha value is -3.70. The zero-order valence-corrected chi connectivity index (χ0v) is 24.4. The number of aromatic nitrogens is 5. The summed E-state index contributed by atoms with van der Waals surface area (Å²) in [6.07, 6.45) is 1.68. The second-order valence-electron chi connectivity index (χ2n) is 11.6. The van der Waals surface area contributed by atoms with Crippen molar-refractivity contribution < 1.29 is 9.18 Å². The summed E-state index contributed by atoms with van der Waals surface area (Å²) >= 11 is 1.28. The van der Waals surface area contributed by atoms with E-state index in [4.69, 9.17) is 5.10 Å². The lowest BCUT2D eigenvalue weighted by atomic mass is 9.87. The van der Waals surface area contributed by atoms with Gasteiger partial charge in [-0.3, -0.25) is 19.2 Å². The third-order valence-corrected chi connectivity index (χ3v) is 8.92. The van der Waals surface area contributed by atoms with Crippen LogP contribution in [0.4, 0.5) is 10.1 Å². The fraction of sp³-hybridized carbons (Fsp3) is 0.414. The van der Waals surface area contributed by atoms with Crippen molar-refractivity contribution in [2.45, 2.75) is 65.0 Å². The molecule has 0 bridgehead atoms. The molecule has 0 radical (unpaired) electrons. The van der Waals surface area contributed by atoms with Gasteiger partial charge >= 0.3 is 0 Å². The molecule has 0 aliphatic carbocycles. The lowest BCUT2D eigenvalue weighted by molar-refractivity contribution is 0.102. The zero-order chi connectivity index (χ0) is 28.8. The second kappa shape index (κ2) is 10.7. The maximum Gasteiger partial charge on any atom is 0.284 e. The van der Waals surface area contributed by atoms with Gasteiger partial charge < -0.3 is 5.32 Å². The van der Waals surface area contributed by atoms with Crippen molar-refractivity contribution in [3.8, 4) is 11.3 Å². The molecule has 0 saturated heterocycles. The molecule has 1 aliphatic rings. The van der Waals surface area contributed by atoms with Crippen LogP contribution in [0.15, 0.2) is 41.3 Å². The Morgan fingerprint density at radius 3 is 2.65 bits per heavy atom. The number of hydrogen-bond donors (Lipinski definition) is 2. The molecular weight excluding hydrogens is 529 g/mol.